The molecule has 0 aliphatic rings. The molecule has 104 valence electrons. The normalized spacial score (nSPS) is 10.2. The third-order valence-electron chi connectivity index (χ3n) is 2.84. The molecule has 0 radical (unpaired) electrons. The summed E-state index contributed by atoms with van der Waals surface area (Å²) in [7, 11) is 1.64. The molecule has 2 aromatic rings. The van der Waals surface area contributed by atoms with Gasteiger partial charge in [0, 0.05) is 18.5 Å². The van der Waals surface area contributed by atoms with Crippen LogP contribution in [-0.2, 0) is 22.6 Å². The van der Waals surface area contributed by atoms with Crippen LogP contribution < -0.4 is 11.1 Å². The zero-order chi connectivity index (χ0) is 14.4. The number of nitrogens with one attached hydrogen (secondary N) is 1. The lowest BCUT2D eigenvalue weighted by Crippen LogP contribution is -2.14. The summed E-state index contributed by atoms with van der Waals surface area (Å²) >= 11 is 0. The number of rotatable bonds is 5. The van der Waals surface area contributed by atoms with Gasteiger partial charge in [-0.15, -0.1) is 0 Å². The highest BCUT2D eigenvalue weighted by molar-refractivity contribution is 5.92. The number of carbonyl (C=O) groups excluding carboxylic acids is 1. The van der Waals surface area contributed by atoms with Gasteiger partial charge in [-0.05, 0) is 35.4 Å². The van der Waals surface area contributed by atoms with Crippen LogP contribution in [-0.4, -0.2) is 13.0 Å². The minimum atomic E-state index is -0.0647. The smallest absolute Gasteiger partial charge is 0.228 e. The Balaban J connectivity index is 1.99. The van der Waals surface area contributed by atoms with Crippen LogP contribution >= 0.6 is 0 Å². The first kappa shape index (κ1) is 14.1. The van der Waals surface area contributed by atoms with Crippen molar-refractivity contribution in [3.8, 4) is 0 Å². The van der Waals surface area contributed by atoms with Crippen molar-refractivity contribution in [2.45, 2.75) is 13.0 Å². The fourth-order valence-electron chi connectivity index (χ4n) is 2.00. The van der Waals surface area contributed by atoms with Crippen molar-refractivity contribution in [2.75, 3.05) is 18.2 Å². The number of hydrogen-bond acceptors (Lipinski definition) is 3. The van der Waals surface area contributed by atoms with Gasteiger partial charge in [-0.1, -0.05) is 24.3 Å². The summed E-state index contributed by atoms with van der Waals surface area (Å²) in [5.74, 6) is -0.0647. The van der Waals surface area contributed by atoms with Crippen LogP contribution in [0.4, 0.5) is 11.4 Å². The molecule has 3 N–H and O–H groups in total. The van der Waals surface area contributed by atoms with Crippen LogP contribution in [0.3, 0.4) is 0 Å². The van der Waals surface area contributed by atoms with Gasteiger partial charge in [0.25, 0.3) is 0 Å². The average molecular weight is 270 g/mol. The molecule has 0 aliphatic heterocycles. The molecule has 0 saturated carbocycles. The van der Waals surface area contributed by atoms with Gasteiger partial charge in [-0.25, -0.2) is 0 Å². The van der Waals surface area contributed by atoms with Crippen molar-refractivity contribution in [3.63, 3.8) is 0 Å². The zero-order valence-electron chi connectivity index (χ0n) is 11.4. The quantitative estimate of drug-likeness (QED) is 0.821. The van der Waals surface area contributed by atoms with Crippen LogP contribution in [0.25, 0.3) is 0 Å². The van der Waals surface area contributed by atoms with Gasteiger partial charge in [0.15, 0.2) is 0 Å². The predicted molar refractivity (Wildman–Crippen MR) is 80.3 cm³/mol. The third kappa shape index (κ3) is 4.10. The SMILES string of the molecule is COCc1cccc(NC(=O)Cc2cccc(N)c2)c1. The molecule has 0 atom stereocenters. The van der Waals surface area contributed by atoms with Gasteiger partial charge in [0.2, 0.25) is 5.91 Å². The van der Waals surface area contributed by atoms with Crippen molar-refractivity contribution in [1.82, 2.24) is 0 Å². The molecule has 2 aromatic carbocycles. The number of carbonyl (C=O) groups is 1. The molecule has 0 spiro atoms. The van der Waals surface area contributed by atoms with Gasteiger partial charge < -0.3 is 15.8 Å². The van der Waals surface area contributed by atoms with E-state index in [9.17, 15) is 4.79 Å². The number of ether oxygens (including phenoxy) is 1. The average Bonchev–Trinajstić information content (AvgIpc) is 2.39. The Bertz CT molecular complexity index is 597. The van der Waals surface area contributed by atoms with Crippen molar-refractivity contribution in [3.05, 3.63) is 59.7 Å². The Morgan fingerprint density at radius 1 is 1.15 bits per heavy atom. The minimum Gasteiger partial charge on any atom is -0.399 e. The first-order chi connectivity index (χ1) is 9.67. The maximum atomic E-state index is 12.0. The summed E-state index contributed by atoms with van der Waals surface area (Å²) in [6.45, 7) is 0.527. The second-order valence-corrected chi connectivity index (χ2v) is 4.60. The van der Waals surface area contributed by atoms with Gasteiger partial charge >= 0.3 is 0 Å². The Kier molecular flexibility index (Phi) is 4.74. The molecule has 0 fully saturated rings. The van der Waals surface area contributed by atoms with Gasteiger partial charge in [0.1, 0.15) is 0 Å². The largest absolute Gasteiger partial charge is 0.399 e. The highest BCUT2D eigenvalue weighted by Crippen LogP contribution is 2.13. The lowest BCUT2D eigenvalue weighted by atomic mass is 10.1. The second-order valence-electron chi connectivity index (χ2n) is 4.60. The monoisotopic (exact) mass is 270 g/mol. The predicted octanol–water partition coefficient (Wildman–Crippen LogP) is 2.60. The van der Waals surface area contributed by atoms with Crippen LogP contribution in [0, 0.1) is 0 Å². The van der Waals surface area contributed by atoms with E-state index in [4.69, 9.17) is 10.5 Å². The Hall–Kier alpha value is -2.33. The lowest BCUT2D eigenvalue weighted by molar-refractivity contribution is -0.115. The first-order valence-electron chi connectivity index (χ1n) is 6.39. The summed E-state index contributed by atoms with van der Waals surface area (Å²) in [5.41, 5.74) is 9.05. The third-order valence-corrected chi connectivity index (χ3v) is 2.84. The summed E-state index contributed by atoms with van der Waals surface area (Å²) in [5, 5.41) is 2.87. The van der Waals surface area contributed by atoms with Gasteiger partial charge in [0.05, 0.1) is 13.0 Å². The Morgan fingerprint density at radius 3 is 2.65 bits per heavy atom. The molecule has 1 amide bonds. The molecule has 0 aliphatic carbocycles. The molecule has 4 heteroatoms. The summed E-state index contributed by atoms with van der Waals surface area (Å²) in [6.07, 6.45) is 0.305. The van der Waals surface area contributed by atoms with Crippen LogP contribution in [0.1, 0.15) is 11.1 Å². The van der Waals surface area contributed by atoms with Crippen LogP contribution in [0.5, 0.6) is 0 Å². The highest BCUT2D eigenvalue weighted by atomic mass is 16.5. The highest BCUT2D eigenvalue weighted by Gasteiger charge is 2.05. The van der Waals surface area contributed by atoms with E-state index < -0.39 is 0 Å². The van der Waals surface area contributed by atoms with E-state index in [0.29, 0.717) is 18.7 Å². The van der Waals surface area contributed by atoms with Crippen molar-refractivity contribution >= 4 is 17.3 Å². The molecular weight excluding hydrogens is 252 g/mol. The summed E-state index contributed by atoms with van der Waals surface area (Å²) < 4.78 is 5.07. The number of anilines is 2. The van der Waals surface area contributed by atoms with Crippen molar-refractivity contribution < 1.29 is 9.53 Å². The zero-order valence-corrected chi connectivity index (χ0v) is 11.4. The molecule has 0 saturated heterocycles. The topological polar surface area (TPSA) is 64.3 Å². The molecule has 0 bridgehead atoms. The fourth-order valence-corrected chi connectivity index (χ4v) is 2.00. The van der Waals surface area contributed by atoms with Crippen LogP contribution in [0.15, 0.2) is 48.5 Å². The molecule has 0 aromatic heterocycles. The van der Waals surface area contributed by atoms with Gasteiger partial charge in [-0.3, -0.25) is 4.79 Å². The molecule has 0 heterocycles. The van der Waals surface area contributed by atoms with E-state index in [1.807, 2.05) is 36.4 Å². The standard InChI is InChI=1S/C16H18N2O2/c1-20-11-13-5-3-7-15(9-13)18-16(19)10-12-4-2-6-14(17)8-12/h2-9H,10-11,17H2,1H3,(H,18,19). The molecule has 20 heavy (non-hydrogen) atoms. The van der Waals surface area contributed by atoms with E-state index in [-0.39, 0.29) is 5.91 Å². The second kappa shape index (κ2) is 6.73. The first-order valence-corrected chi connectivity index (χ1v) is 6.39. The number of nitrogen functional groups attached to an aromatic ring is 1. The van der Waals surface area contributed by atoms with E-state index in [1.165, 1.54) is 0 Å². The Morgan fingerprint density at radius 2 is 1.90 bits per heavy atom. The van der Waals surface area contributed by atoms with E-state index in [0.717, 1.165) is 16.8 Å². The molecular formula is C16H18N2O2. The van der Waals surface area contributed by atoms with Crippen molar-refractivity contribution in [1.29, 1.82) is 0 Å². The molecule has 0 unspecified atom stereocenters. The van der Waals surface area contributed by atoms with Crippen LogP contribution in [0.2, 0.25) is 0 Å². The number of nitrogens with two attached hydrogens (primary N) is 1. The van der Waals surface area contributed by atoms with E-state index in [2.05, 4.69) is 5.32 Å². The maximum Gasteiger partial charge on any atom is 0.228 e. The summed E-state index contributed by atoms with van der Waals surface area (Å²) in [6, 6.07) is 14.9. The number of benzene rings is 2. The minimum absolute atomic E-state index is 0.0647. The number of hydrogen-bond donors (Lipinski definition) is 2. The number of methoxy groups -OCH3 is 1. The lowest BCUT2D eigenvalue weighted by Gasteiger charge is -2.07. The fraction of sp³-hybridized carbons (Fsp3) is 0.188. The van der Waals surface area contributed by atoms with Gasteiger partial charge in [-0.2, -0.15) is 0 Å². The van der Waals surface area contributed by atoms with E-state index >= 15 is 0 Å². The maximum absolute atomic E-state index is 12.0. The Labute approximate surface area is 118 Å². The summed E-state index contributed by atoms with van der Waals surface area (Å²) in [4.78, 5) is 12.0. The number of amides is 1. The van der Waals surface area contributed by atoms with Crippen molar-refractivity contribution in [2.24, 2.45) is 0 Å². The van der Waals surface area contributed by atoms with E-state index in [1.54, 1.807) is 19.2 Å². The molecule has 4 nitrogen and oxygen atoms in total. The molecule has 2 rings (SSSR count).